The summed E-state index contributed by atoms with van der Waals surface area (Å²) in [5, 5.41) is 2.86. The zero-order valence-corrected chi connectivity index (χ0v) is 14.1. The molecule has 1 fully saturated rings. The van der Waals surface area contributed by atoms with Gasteiger partial charge in [0.1, 0.15) is 5.69 Å². The molecule has 0 saturated carbocycles. The minimum absolute atomic E-state index is 0.168. The number of amides is 4. The van der Waals surface area contributed by atoms with E-state index in [2.05, 4.69) is 10.3 Å². The van der Waals surface area contributed by atoms with E-state index in [1.807, 2.05) is 30.3 Å². The fourth-order valence-corrected chi connectivity index (χ4v) is 3.47. The zero-order chi connectivity index (χ0) is 18.1. The summed E-state index contributed by atoms with van der Waals surface area (Å²) < 4.78 is 0. The average molecular weight is 350 g/mol. The minimum Gasteiger partial charge on any atom is -0.324 e. The van der Waals surface area contributed by atoms with Crippen molar-refractivity contribution in [2.45, 2.75) is 18.9 Å². The maximum Gasteiger partial charge on any atom is 0.321 e. The number of imide groups is 1. The van der Waals surface area contributed by atoms with Gasteiger partial charge in [0.05, 0.1) is 5.56 Å². The lowest BCUT2D eigenvalue weighted by Gasteiger charge is -2.35. The SMILES string of the molecule is O=C(Nc1ccccc1)N1CCC(N2C(=O)c3cccnc3C2=O)CC1. The highest BCUT2D eigenvalue weighted by molar-refractivity contribution is 6.20. The molecule has 4 rings (SSSR count). The summed E-state index contributed by atoms with van der Waals surface area (Å²) in [5.41, 5.74) is 1.33. The Hall–Kier alpha value is -3.22. The van der Waals surface area contributed by atoms with Crippen LogP contribution in [0, 0.1) is 0 Å². The fourth-order valence-electron chi connectivity index (χ4n) is 3.47. The number of pyridine rings is 1. The maximum absolute atomic E-state index is 12.5. The summed E-state index contributed by atoms with van der Waals surface area (Å²) >= 11 is 0. The Balaban J connectivity index is 1.39. The number of aromatic nitrogens is 1. The van der Waals surface area contributed by atoms with Gasteiger partial charge >= 0.3 is 6.03 Å². The van der Waals surface area contributed by atoms with Crippen LogP contribution in [-0.2, 0) is 0 Å². The second-order valence-electron chi connectivity index (χ2n) is 6.39. The third-order valence-corrected chi connectivity index (χ3v) is 4.82. The summed E-state index contributed by atoms with van der Waals surface area (Å²) in [6, 6.07) is 12.2. The third kappa shape index (κ3) is 2.81. The third-order valence-electron chi connectivity index (χ3n) is 4.82. The Morgan fingerprint density at radius 1 is 1.00 bits per heavy atom. The molecule has 2 aliphatic rings. The average Bonchev–Trinajstić information content (AvgIpc) is 2.94. The molecule has 1 saturated heterocycles. The molecule has 0 aliphatic carbocycles. The molecular weight excluding hydrogens is 332 g/mol. The highest BCUT2D eigenvalue weighted by Gasteiger charge is 2.42. The first kappa shape index (κ1) is 16.3. The summed E-state index contributed by atoms with van der Waals surface area (Å²) in [4.78, 5) is 44.5. The van der Waals surface area contributed by atoms with Crippen LogP contribution in [0.15, 0.2) is 48.7 Å². The molecule has 0 atom stereocenters. The highest BCUT2D eigenvalue weighted by atomic mass is 16.2. The molecule has 7 heteroatoms. The number of nitrogens with zero attached hydrogens (tertiary/aromatic N) is 3. The molecule has 3 heterocycles. The van der Waals surface area contributed by atoms with Crippen molar-refractivity contribution in [2.24, 2.45) is 0 Å². The largest absolute Gasteiger partial charge is 0.324 e. The summed E-state index contributed by atoms with van der Waals surface area (Å²) in [5.74, 6) is -0.622. The number of fused-ring (bicyclic) bond motifs is 1. The Morgan fingerprint density at radius 2 is 1.73 bits per heavy atom. The lowest BCUT2D eigenvalue weighted by atomic mass is 10.0. The monoisotopic (exact) mass is 350 g/mol. The maximum atomic E-state index is 12.5. The van der Waals surface area contributed by atoms with E-state index in [9.17, 15) is 14.4 Å². The van der Waals surface area contributed by atoms with Crippen molar-refractivity contribution < 1.29 is 14.4 Å². The van der Waals surface area contributed by atoms with E-state index in [-0.39, 0.29) is 29.6 Å². The van der Waals surface area contributed by atoms with E-state index in [1.54, 1.807) is 17.0 Å². The van der Waals surface area contributed by atoms with Gasteiger partial charge in [0.15, 0.2) is 0 Å². The van der Waals surface area contributed by atoms with Gasteiger partial charge < -0.3 is 10.2 Å². The van der Waals surface area contributed by atoms with Crippen molar-refractivity contribution in [1.29, 1.82) is 0 Å². The Kier molecular flexibility index (Phi) is 4.12. The number of benzene rings is 1. The van der Waals surface area contributed by atoms with Crippen LogP contribution in [0.4, 0.5) is 10.5 Å². The number of likely N-dealkylation sites (tertiary alicyclic amines) is 1. The van der Waals surface area contributed by atoms with Crippen LogP contribution in [0.1, 0.15) is 33.7 Å². The molecule has 1 aromatic heterocycles. The number of rotatable bonds is 2. The number of nitrogens with one attached hydrogen (secondary N) is 1. The molecule has 4 amide bonds. The Morgan fingerprint density at radius 3 is 2.42 bits per heavy atom. The highest BCUT2D eigenvalue weighted by Crippen LogP contribution is 2.27. The van der Waals surface area contributed by atoms with E-state index in [0.717, 1.165) is 5.69 Å². The van der Waals surface area contributed by atoms with Crippen LogP contribution in [0.25, 0.3) is 0 Å². The van der Waals surface area contributed by atoms with E-state index in [1.165, 1.54) is 11.1 Å². The molecule has 0 radical (unpaired) electrons. The van der Waals surface area contributed by atoms with Gasteiger partial charge in [-0.3, -0.25) is 19.5 Å². The molecule has 0 bridgehead atoms. The first-order valence-electron chi connectivity index (χ1n) is 8.59. The predicted molar refractivity (Wildman–Crippen MR) is 94.8 cm³/mol. The van der Waals surface area contributed by atoms with E-state index in [0.29, 0.717) is 31.5 Å². The quantitative estimate of drug-likeness (QED) is 0.843. The van der Waals surface area contributed by atoms with Crippen LogP contribution in [0.2, 0.25) is 0 Å². The molecule has 26 heavy (non-hydrogen) atoms. The van der Waals surface area contributed by atoms with E-state index in [4.69, 9.17) is 0 Å². The lowest BCUT2D eigenvalue weighted by Crippen LogP contribution is -2.49. The number of carbonyl (C=O) groups is 3. The molecule has 1 N–H and O–H groups in total. The van der Waals surface area contributed by atoms with Gasteiger partial charge in [0.25, 0.3) is 11.8 Å². The molecule has 0 spiro atoms. The number of para-hydroxylation sites is 1. The molecule has 2 aliphatic heterocycles. The molecule has 1 aromatic carbocycles. The molecule has 2 aromatic rings. The van der Waals surface area contributed by atoms with Crippen molar-refractivity contribution >= 4 is 23.5 Å². The van der Waals surface area contributed by atoms with Gasteiger partial charge in [0, 0.05) is 31.0 Å². The predicted octanol–water partition coefficient (Wildman–Crippen LogP) is 2.37. The number of urea groups is 1. The zero-order valence-electron chi connectivity index (χ0n) is 14.1. The van der Waals surface area contributed by atoms with Gasteiger partial charge in [-0.15, -0.1) is 0 Å². The number of hydrogen-bond acceptors (Lipinski definition) is 4. The number of hydrogen-bond donors (Lipinski definition) is 1. The van der Waals surface area contributed by atoms with Gasteiger partial charge in [-0.1, -0.05) is 18.2 Å². The van der Waals surface area contributed by atoms with Crippen molar-refractivity contribution in [3.05, 3.63) is 59.9 Å². The minimum atomic E-state index is -0.335. The Bertz CT molecular complexity index is 825. The molecular formula is C19H18N4O3. The molecule has 0 unspecified atom stereocenters. The van der Waals surface area contributed by atoms with Crippen LogP contribution in [0.5, 0.6) is 0 Å². The van der Waals surface area contributed by atoms with Crippen LogP contribution in [-0.4, -0.2) is 51.8 Å². The topological polar surface area (TPSA) is 82.6 Å². The van der Waals surface area contributed by atoms with Gasteiger partial charge in [-0.05, 0) is 37.1 Å². The number of carbonyl (C=O) groups excluding carboxylic acids is 3. The summed E-state index contributed by atoms with van der Waals surface area (Å²) in [6.45, 7) is 0.980. The first-order chi connectivity index (χ1) is 12.6. The van der Waals surface area contributed by atoms with Crippen molar-refractivity contribution in [3.8, 4) is 0 Å². The van der Waals surface area contributed by atoms with Gasteiger partial charge in [0.2, 0.25) is 0 Å². The van der Waals surface area contributed by atoms with E-state index < -0.39 is 0 Å². The van der Waals surface area contributed by atoms with Crippen LogP contribution < -0.4 is 5.32 Å². The lowest BCUT2D eigenvalue weighted by molar-refractivity contribution is 0.0523. The van der Waals surface area contributed by atoms with Crippen LogP contribution >= 0.6 is 0 Å². The first-order valence-corrected chi connectivity index (χ1v) is 8.59. The second kappa shape index (κ2) is 6.59. The fraction of sp³-hybridized carbons (Fsp3) is 0.263. The van der Waals surface area contributed by atoms with Crippen LogP contribution in [0.3, 0.4) is 0 Å². The standard InChI is InChI=1S/C19H18N4O3/c24-17-15-7-4-10-20-16(15)18(25)23(17)14-8-11-22(12-9-14)19(26)21-13-5-2-1-3-6-13/h1-7,10,14H,8-9,11-12H2,(H,21,26). The second-order valence-corrected chi connectivity index (χ2v) is 6.39. The van der Waals surface area contributed by atoms with Gasteiger partial charge in [-0.25, -0.2) is 4.79 Å². The smallest absolute Gasteiger partial charge is 0.321 e. The van der Waals surface area contributed by atoms with Gasteiger partial charge in [-0.2, -0.15) is 0 Å². The van der Waals surface area contributed by atoms with Crippen molar-refractivity contribution in [2.75, 3.05) is 18.4 Å². The molecule has 7 nitrogen and oxygen atoms in total. The number of piperidine rings is 1. The number of anilines is 1. The van der Waals surface area contributed by atoms with Crippen molar-refractivity contribution in [1.82, 2.24) is 14.8 Å². The Labute approximate surface area is 150 Å². The van der Waals surface area contributed by atoms with E-state index >= 15 is 0 Å². The van der Waals surface area contributed by atoms with Crippen molar-refractivity contribution in [3.63, 3.8) is 0 Å². The normalized spacial score (nSPS) is 17.4. The summed E-state index contributed by atoms with van der Waals surface area (Å²) in [6.07, 6.45) is 2.64. The summed E-state index contributed by atoms with van der Waals surface area (Å²) in [7, 11) is 0. The molecule has 132 valence electrons.